The van der Waals surface area contributed by atoms with Crippen LogP contribution in [0.15, 0.2) is 53.4 Å². The van der Waals surface area contributed by atoms with Gasteiger partial charge < -0.3 is 0 Å². The minimum Gasteiger partial charge on any atom is -0.298 e. The van der Waals surface area contributed by atoms with Gasteiger partial charge in [0, 0.05) is 16.9 Å². The van der Waals surface area contributed by atoms with E-state index in [2.05, 4.69) is 16.4 Å². The second-order valence-corrected chi connectivity index (χ2v) is 9.31. The summed E-state index contributed by atoms with van der Waals surface area (Å²) in [6, 6.07) is 14.3. The molecule has 0 saturated heterocycles. The molecular formula is C19H16N2O3S2. The summed E-state index contributed by atoms with van der Waals surface area (Å²) in [6.07, 6.45) is 0.805. The molecule has 0 bridgehead atoms. The fourth-order valence-electron chi connectivity index (χ4n) is 3.06. The fourth-order valence-corrected chi connectivity index (χ4v) is 5.15. The third kappa shape index (κ3) is 2.83. The number of hydrogen-bond donors (Lipinski definition) is 1. The highest BCUT2D eigenvalue weighted by Gasteiger charge is 2.25. The van der Waals surface area contributed by atoms with Crippen LogP contribution in [0, 0.1) is 0 Å². The molecule has 1 aliphatic rings. The zero-order valence-corrected chi connectivity index (χ0v) is 15.7. The van der Waals surface area contributed by atoms with Crippen LogP contribution < -0.4 is 5.32 Å². The number of carbonyl (C=O) groups is 1. The molecule has 1 N–H and O–H groups in total. The van der Waals surface area contributed by atoms with Crippen molar-refractivity contribution >= 4 is 32.2 Å². The van der Waals surface area contributed by atoms with Gasteiger partial charge in [0.2, 0.25) is 0 Å². The number of hydrogen-bond acceptors (Lipinski definition) is 5. The molecular weight excluding hydrogens is 368 g/mol. The summed E-state index contributed by atoms with van der Waals surface area (Å²) >= 11 is 1.43. The Hall–Kier alpha value is -2.51. The van der Waals surface area contributed by atoms with Crippen molar-refractivity contribution in [2.24, 2.45) is 0 Å². The van der Waals surface area contributed by atoms with Crippen molar-refractivity contribution in [3.63, 3.8) is 0 Å². The molecule has 1 heterocycles. The number of sulfone groups is 1. The lowest BCUT2D eigenvalue weighted by molar-refractivity contribution is 0.102. The number of fused-ring (bicyclic) bond motifs is 3. The highest BCUT2D eigenvalue weighted by Crippen LogP contribution is 2.40. The normalized spacial score (nSPS) is 12.5. The van der Waals surface area contributed by atoms with Crippen LogP contribution >= 0.6 is 11.3 Å². The monoisotopic (exact) mass is 384 g/mol. The largest absolute Gasteiger partial charge is 0.298 e. The molecule has 26 heavy (non-hydrogen) atoms. The number of carbonyl (C=O) groups excluding carboxylic acids is 1. The summed E-state index contributed by atoms with van der Waals surface area (Å²) in [5.74, 6) is -0.516. The zero-order valence-electron chi connectivity index (χ0n) is 14.0. The second kappa shape index (κ2) is 6.34. The maximum Gasteiger partial charge on any atom is 0.258 e. The molecule has 3 aromatic rings. The average molecular weight is 384 g/mol. The number of amides is 1. The Morgan fingerprint density at radius 2 is 1.88 bits per heavy atom. The van der Waals surface area contributed by atoms with Crippen LogP contribution in [0.25, 0.3) is 11.3 Å². The van der Waals surface area contributed by atoms with Gasteiger partial charge in [-0.25, -0.2) is 13.4 Å². The summed E-state index contributed by atoms with van der Waals surface area (Å²) < 4.78 is 24.5. The molecule has 4 rings (SSSR count). The molecule has 1 aliphatic carbocycles. The minimum atomic E-state index is -3.48. The van der Waals surface area contributed by atoms with Crippen molar-refractivity contribution in [3.8, 4) is 11.3 Å². The number of thiazole rings is 1. The Bertz CT molecular complexity index is 1120. The SMILES string of the molecule is CCS(=O)(=O)c1ccccc1C(=O)Nc1nc2c(s1)Cc1ccccc1-2. The quantitative estimate of drug-likeness (QED) is 0.581. The predicted molar refractivity (Wildman–Crippen MR) is 102 cm³/mol. The van der Waals surface area contributed by atoms with Crippen LogP contribution in [-0.2, 0) is 16.3 Å². The maximum atomic E-state index is 12.7. The van der Waals surface area contributed by atoms with Crippen LogP contribution in [-0.4, -0.2) is 25.1 Å². The topological polar surface area (TPSA) is 76.1 Å². The van der Waals surface area contributed by atoms with Crippen LogP contribution in [0.4, 0.5) is 5.13 Å². The highest BCUT2D eigenvalue weighted by molar-refractivity contribution is 7.91. The molecule has 0 radical (unpaired) electrons. The Morgan fingerprint density at radius 3 is 2.69 bits per heavy atom. The number of benzene rings is 2. The third-order valence-corrected chi connectivity index (χ3v) is 7.15. The van der Waals surface area contributed by atoms with Crippen molar-refractivity contribution in [2.75, 3.05) is 11.1 Å². The highest BCUT2D eigenvalue weighted by atomic mass is 32.2. The molecule has 2 aromatic carbocycles. The molecule has 7 heteroatoms. The van der Waals surface area contributed by atoms with E-state index in [9.17, 15) is 13.2 Å². The first-order valence-electron chi connectivity index (χ1n) is 8.20. The van der Waals surface area contributed by atoms with E-state index >= 15 is 0 Å². The van der Waals surface area contributed by atoms with E-state index < -0.39 is 15.7 Å². The molecule has 0 spiro atoms. The first kappa shape index (κ1) is 16.9. The standard InChI is InChI=1S/C19H16N2O3S2/c1-2-26(23,24)16-10-6-5-9-14(16)18(22)21-19-20-17-13-8-4-3-7-12(13)11-15(17)25-19/h3-10H,2,11H2,1H3,(H,20,21,22). The molecule has 5 nitrogen and oxygen atoms in total. The van der Waals surface area contributed by atoms with Gasteiger partial charge in [0.15, 0.2) is 15.0 Å². The zero-order chi connectivity index (χ0) is 18.3. The summed E-state index contributed by atoms with van der Waals surface area (Å²) in [6.45, 7) is 1.56. The van der Waals surface area contributed by atoms with Gasteiger partial charge in [0.05, 0.1) is 21.9 Å². The van der Waals surface area contributed by atoms with Gasteiger partial charge in [-0.1, -0.05) is 43.3 Å². The van der Waals surface area contributed by atoms with Crippen molar-refractivity contribution in [1.82, 2.24) is 4.98 Å². The minimum absolute atomic E-state index is 0.0504. The first-order valence-corrected chi connectivity index (χ1v) is 10.7. The van der Waals surface area contributed by atoms with E-state index in [0.29, 0.717) is 5.13 Å². The number of nitrogens with one attached hydrogen (secondary N) is 1. The maximum absolute atomic E-state index is 12.7. The molecule has 132 valence electrons. The molecule has 0 unspecified atom stereocenters. The molecule has 1 amide bonds. The lowest BCUT2D eigenvalue weighted by atomic mass is 10.1. The predicted octanol–water partition coefficient (Wildman–Crippen LogP) is 3.76. The fraction of sp³-hybridized carbons (Fsp3) is 0.158. The number of nitrogens with zero attached hydrogens (tertiary/aromatic N) is 1. The van der Waals surface area contributed by atoms with Gasteiger partial charge in [-0.2, -0.15) is 0 Å². The lowest BCUT2D eigenvalue weighted by Gasteiger charge is -2.08. The van der Waals surface area contributed by atoms with E-state index in [0.717, 1.165) is 22.6 Å². The van der Waals surface area contributed by atoms with E-state index in [1.54, 1.807) is 19.1 Å². The Morgan fingerprint density at radius 1 is 1.15 bits per heavy atom. The van der Waals surface area contributed by atoms with E-state index in [4.69, 9.17) is 0 Å². The van der Waals surface area contributed by atoms with Crippen LogP contribution in [0.1, 0.15) is 27.7 Å². The number of aromatic nitrogens is 1. The van der Waals surface area contributed by atoms with Gasteiger partial charge in [-0.15, -0.1) is 11.3 Å². The van der Waals surface area contributed by atoms with Crippen LogP contribution in [0.5, 0.6) is 0 Å². The van der Waals surface area contributed by atoms with Crippen molar-refractivity contribution in [3.05, 3.63) is 64.5 Å². The van der Waals surface area contributed by atoms with Crippen LogP contribution in [0.2, 0.25) is 0 Å². The van der Waals surface area contributed by atoms with Gasteiger partial charge in [-0.05, 0) is 17.7 Å². The van der Waals surface area contributed by atoms with Crippen molar-refractivity contribution < 1.29 is 13.2 Å². The summed E-state index contributed by atoms with van der Waals surface area (Å²) in [5, 5.41) is 3.24. The lowest BCUT2D eigenvalue weighted by Crippen LogP contribution is -2.17. The Balaban J connectivity index is 1.64. The smallest absolute Gasteiger partial charge is 0.258 e. The molecule has 0 aliphatic heterocycles. The molecule has 1 aromatic heterocycles. The molecule has 0 saturated carbocycles. The van der Waals surface area contributed by atoms with Crippen molar-refractivity contribution in [2.45, 2.75) is 18.2 Å². The van der Waals surface area contributed by atoms with Gasteiger partial charge in [-0.3, -0.25) is 10.1 Å². The summed E-state index contributed by atoms with van der Waals surface area (Å²) in [4.78, 5) is 18.4. The second-order valence-electron chi connectivity index (χ2n) is 5.98. The average Bonchev–Trinajstić information content (AvgIpc) is 3.18. The van der Waals surface area contributed by atoms with E-state index in [1.165, 1.54) is 29.0 Å². The Kier molecular flexibility index (Phi) is 4.13. The summed E-state index contributed by atoms with van der Waals surface area (Å²) in [7, 11) is -3.48. The van der Waals surface area contributed by atoms with E-state index in [-0.39, 0.29) is 16.2 Å². The molecule has 0 atom stereocenters. The number of rotatable bonds is 4. The van der Waals surface area contributed by atoms with Crippen molar-refractivity contribution in [1.29, 1.82) is 0 Å². The molecule has 0 fully saturated rings. The first-order chi connectivity index (χ1) is 12.5. The third-order valence-electron chi connectivity index (χ3n) is 4.39. The number of anilines is 1. The Labute approximate surface area is 155 Å². The van der Waals surface area contributed by atoms with Gasteiger partial charge in [0.25, 0.3) is 5.91 Å². The summed E-state index contributed by atoms with van der Waals surface area (Å²) in [5.41, 5.74) is 3.37. The van der Waals surface area contributed by atoms with E-state index in [1.807, 2.05) is 18.2 Å². The van der Waals surface area contributed by atoms with Gasteiger partial charge >= 0.3 is 0 Å². The van der Waals surface area contributed by atoms with Crippen LogP contribution in [0.3, 0.4) is 0 Å². The van der Waals surface area contributed by atoms with Gasteiger partial charge in [0.1, 0.15) is 0 Å².